The van der Waals surface area contributed by atoms with Crippen LogP contribution in [0.1, 0.15) is 27.8 Å². The molecule has 1 N–H and O–H groups in total. The fraction of sp³-hybridized carbons (Fsp3) is 0.0952. The second-order valence-corrected chi connectivity index (χ2v) is 5.73. The summed E-state index contributed by atoms with van der Waals surface area (Å²) in [5, 5.41) is 10.3. The summed E-state index contributed by atoms with van der Waals surface area (Å²) < 4.78 is 0. The number of phenols is 1. The minimum Gasteiger partial charge on any atom is -0.507 e. The van der Waals surface area contributed by atoms with E-state index in [9.17, 15) is 5.11 Å². The Labute approximate surface area is 136 Å². The van der Waals surface area contributed by atoms with Crippen LogP contribution in [-0.4, -0.2) is 10.1 Å². The number of aryl methyl sites for hydroxylation is 2. The van der Waals surface area contributed by atoms with Gasteiger partial charge in [0.2, 0.25) is 0 Å². The molecule has 0 bridgehead atoms. The Morgan fingerprint density at radius 1 is 0.870 bits per heavy atom. The first-order chi connectivity index (χ1) is 11.1. The summed E-state index contributed by atoms with van der Waals surface area (Å²) in [6, 6.07) is 17.9. The highest BCUT2D eigenvalue weighted by Gasteiger charge is 2.10. The number of nitrogens with zero attached hydrogens (tertiary/aromatic N) is 1. The van der Waals surface area contributed by atoms with E-state index in [-0.39, 0.29) is 5.75 Å². The van der Waals surface area contributed by atoms with E-state index in [0.29, 0.717) is 0 Å². The number of pyridine rings is 1. The van der Waals surface area contributed by atoms with Crippen molar-refractivity contribution in [2.75, 3.05) is 0 Å². The molecule has 0 unspecified atom stereocenters. The molecule has 1 aromatic heterocycles. The zero-order chi connectivity index (χ0) is 16.2. The molecule has 2 nitrogen and oxygen atoms in total. The lowest BCUT2D eigenvalue weighted by molar-refractivity contribution is 0.473. The molecule has 0 fully saturated rings. The first-order valence-electron chi connectivity index (χ1n) is 7.62. The van der Waals surface area contributed by atoms with Crippen molar-refractivity contribution in [1.82, 2.24) is 4.98 Å². The van der Waals surface area contributed by atoms with Gasteiger partial charge in [0.05, 0.1) is 0 Å². The number of phenolic OH excluding ortho intramolecular Hbond substituents is 1. The third-order valence-electron chi connectivity index (χ3n) is 3.82. The predicted molar refractivity (Wildman–Crippen MR) is 95.2 cm³/mol. The quantitative estimate of drug-likeness (QED) is 0.739. The monoisotopic (exact) mass is 301 g/mol. The van der Waals surface area contributed by atoms with Crippen molar-refractivity contribution in [2.24, 2.45) is 0 Å². The van der Waals surface area contributed by atoms with Crippen molar-refractivity contribution in [1.29, 1.82) is 0 Å². The van der Waals surface area contributed by atoms with Crippen LogP contribution in [-0.2, 0) is 0 Å². The second-order valence-electron chi connectivity index (χ2n) is 5.73. The number of aromatic hydroxyl groups is 1. The molecular weight excluding hydrogens is 282 g/mol. The average Bonchev–Trinajstić information content (AvgIpc) is 2.57. The molecule has 2 aromatic carbocycles. The van der Waals surface area contributed by atoms with E-state index in [1.807, 2.05) is 31.2 Å². The van der Waals surface area contributed by atoms with Gasteiger partial charge in [0, 0.05) is 18.0 Å². The molecule has 0 aliphatic carbocycles. The Kier molecular flexibility index (Phi) is 4.24. The standard InChI is InChI=1S/C21H19NO/c1-15-3-6-18(7-4-15)19(14-17-9-11-22-12-10-17)20-13-16(2)5-8-21(20)23/h3-14,23H,1-2H3. The fourth-order valence-corrected chi connectivity index (χ4v) is 2.54. The van der Waals surface area contributed by atoms with Gasteiger partial charge in [-0.05, 0) is 60.9 Å². The van der Waals surface area contributed by atoms with Gasteiger partial charge in [-0.1, -0.05) is 41.5 Å². The van der Waals surface area contributed by atoms with E-state index in [2.05, 4.69) is 42.2 Å². The van der Waals surface area contributed by atoms with Crippen molar-refractivity contribution in [3.63, 3.8) is 0 Å². The first-order valence-corrected chi connectivity index (χ1v) is 7.62. The van der Waals surface area contributed by atoms with Crippen molar-refractivity contribution >= 4 is 11.6 Å². The second kappa shape index (κ2) is 6.49. The van der Waals surface area contributed by atoms with Gasteiger partial charge in [0.1, 0.15) is 5.75 Å². The van der Waals surface area contributed by atoms with E-state index in [0.717, 1.165) is 27.8 Å². The summed E-state index contributed by atoms with van der Waals surface area (Å²) in [6.45, 7) is 4.10. The maximum absolute atomic E-state index is 10.3. The topological polar surface area (TPSA) is 33.1 Å². The summed E-state index contributed by atoms with van der Waals surface area (Å²) in [6.07, 6.45) is 5.63. The molecule has 2 heteroatoms. The first kappa shape index (κ1) is 15.0. The molecular formula is C21H19NO. The molecule has 114 valence electrons. The Morgan fingerprint density at radius 3 is 2.22 bits per heavy atom. The van der Waals surface area contributed by atoms with Crippen LogP contribution in [0, 0.1) is 13.8 Å². The summed E-state index contributed by atoms with van der Waals surface area (Å²) in [7, 11) is 0. The molecule has 0 spiro atoms. The van der Waals surface area contributed by atoms with Gasteiger partial charge in [0.15, 0.2) is 0 Å². The minimum atomic E-state index is 0.288. The maximum Gasteiger partial charge on any atom is 0.123 e. The zero-order valence-corrected chi connectivity index (χ0v) is 13.3. The highest BCUT2D eigenvalue weighted by molar-refractivity contribution is 5.93. The van der Waals surface area contributed by atoms with Gasteiger partial charge in [-0.25, -0.2) is 0 Å². The molecule has 0 amide bonds. The lowest BCUT2D eigenvalue weighted by atomic mass is 9.93. The van der Waals surface area contributed by atoms with Gasteiger partial charge in [-0.2, -0.15) is 0 Å². The summed E-state index contributed by atoms with van der Waals surface area (Å²) in [5.41, 5.74) is 6.30. The SMILES string of the molecule is Cc1ccc(C(=Cc2ccncc2)c2cc(C)ccc2O)cc1. The van der Waals surface area contributed by atoms with Crippen LogP contribution in [0.3, 0.4) is 0 Å². The van der Waals surface area contributed by atoms with Gasteiger partial charge in [-0.3, -0.25) is 4.98 Å². The Morgan fingerprint density at radius 2 is 1.52 bits per heavy atom. The molecule has 0 radical (unpaired) electrons. The normalized spacial score (nSPS) is 11.5. The van der Waals surface area contributed by atoms with E-state index >= 15 is 0 Å². The molecule has 0 atom stereocenters. The Balaban J connectivity index is 2.19. The summed E-state index contributed by atoms with van der Waals surface area (Å²) >= 11 is 0. The molecule has 0 aliphatic rings. The van der Waals surface area contributed by atoms with Gasteiger partial charge in [-0.15, -0.1) is 0 Å². The van der Waals surface area contributed by atoms with Crippen molar-refractivity contribution in [2.45, 2.75) is 13.8 Å². The molecule has 0 saturated heterocycles. The van der Waals surface area contributed by atoms with Crippen LogP contribution in [0.5, 0.6) is 5.75 Å². The third-order valence-corrected chi connectivity index (χ3v) is 3.82. The maximum atomic E-state index is 10.3. The largest absolute Gasteiger partial charge is 0.507 e. The van der Waals surface area contributed by atoms with Crippen LogP contribution >= 0.6 is 0 Å². The van der Waals surface area contributed by atoms with Gasteiger partial charge >= 0.3 is 0 Å². The van der Waals surface area contributed by atoms with E-state index in [4.69, 9.17) is 0 Å². The zero-order valence-electron chi connectivity index (χ0n) is 13.3. The third kappa shape index (κ3) is 3.49. The van der Waals surface area contributed by atoms with E-state index < -0.39 is 0 Å². The van der Waals surface area contributed by atoms with Gasteiger partial charge in [0.25, 0.3) is 0 Å². The Bertz CT molecular complexity index is 833. The van der Waals surface area contributed by atoms with Crippen molar-refractivity contribution < 1.29 is 5.11 Å². The molecule has 23 heavy (non-hydrogen) atoms. The van der Waals surface area contributed by atoms with Crippen LogP contribution in [0.25, 0.3) is 11.6 Å². The van der Waals surface area contributed by atoms with Gasteiger partial charge < -0.3 is 5.11 Å². The summed E-state index contributed by atoms with van der Waals surface area (Å²) in [5.74, 6) is 0.288. The van der Waals surface area contributed by atoms with Crippen LogP contribution in [0.4, 0.5) is 0 Å². The van der Waals surface area contributed by atoms with Crippen LogP contribution in [0.15, 0.2) is 67.0 Å². The van der Waals surface area contributed by atoms with Crippen LogP contribution < -0.4 is 0 Å². The van der Waals surface area contributed by atoms with E-state index in [1.165, 1.54) is 5.56 Å². The lowest BCUT2D eigenvalue weighted by Crippen LogP contribution is -1.91. The average molecular weight is 301 g/mol. The molecule has 0 saturated carbocycles. The van der Waals surface area contributed by atoms with Crippen molar-refractivity contribution in [3.8, 4) is 5.75 Å². The minimum absolute atomic E-state index is 0.288. The van der Waals surface area contributed by atoms with E-state index in [1.54, 1.807) is 18.5 Å². The van der Waals surface area contributed by atoms with Crippen molar-refractivity contribution in [3.05, 3.63) is 94.8 Å². The number of hydrogen-bond donors (Lipinski definition) is 1. The predicted octanol–water partition coefficient (Wildman–Crippen LogP) is 4.99. The molecule has 3 rings (SSSR count). The number of benzene rings is 2. The number of hydrogen-bond acceptors (Lipinski definition) is 2. The number of aromatic nitrogens is 1. The fourth-order valence-electron chi connectivity index (χ4n) is 2.54. The Hall–Kier alpha value is -2.87. The smallest absolute Gasteiger partial charge is 0.123 e. The van der Waals surface area contributed by atoms with Crippen LogP contribution in [0.2, 0.25) is 0 Å². The highest BCUT2D eigenvalue weighted by atomic mass is 16.3. The molecule has 0 aliphatic heterocycles. The molecule has 3 aromatic rings. The molecule has 1 heterocycles. The summed E-state index contributed by atoms with van der Waals surface area (Å²) in [4.78, 5) is 4.06. The number of rotatable bonds is 3. The highest BCUT2D eigenvalue weighted by Crippen LogP contribution is 2.33. The lowest BCUT2D eigenvalue weighted by Gasteiger charge is -2.12.